The van der Waals surface area contributed by atoms with Crippen LogP contribution in [0.15, 0.2) is 60.8 Å². The van der Waals surface area contributed by atoms with E-state index in [0.717, 1.165) is 45.9 Å². The average molecular weight is 529 g/mol. The molecule has 6 nitrogen and oxygen atoms in total. The van der Waals surface area contributed by atoms with Gasteiger partial charge in [-0.15, -0.1) is 0 Å². The third-order valence-electron chi connectivity index (χ3n) is 7.62. The quantitative estimate of drug-likeness (QED) is 0.120. The maximum absolute atomic E-state index is 13.3. The minimum absolute atomic E-state index is 0.108. The summed E-state index contributed by atoms with van der Waals surface area (Å²) in [6.45, 7) is 4.80. The van der Waals surface area contributed by atoms with Gasteiger partial charge in [0.25, 0.3) is 0 Å². The molecule has 4 rings (SSSR count). The molecule has 0 saturated heterocycles. The fourth-order valence-corrected chi connectivity index (χ4v) is 5.30. The molecule has 4 aromatic rings. The molecular weight excluding hydrogens is 484 g/mol. The van der Waals surface area contributed by atoms with Gasteiger partial charge in [-0.25, -0.2) is 0 Å². The van der Waals surface area contributed by atoms with Gasteiger partial charge >= 0.3 is 0 Å². The van der Waals surface area contributed by atoms with Gasteiger partial charge in [0.2, 0.25) is 11.8 Å². The predicted molar refractivity (Wildman–Crippen MR) is 161 cm³/mol. The Morgan fingerprint density at radius 2 is 1.51 bits per heavy atom. The fourth-order valence-electron chi connectivity index (χ4n) is 5.30. The van der Waals surface area contributed by atoms with Crippen molar-refractivity contribution >= 4 is 33.6 Å². The van der Waals surface area contributed by atoms with Crippen molar-refractivity contribution in [2.75, 3.05) is 6.54 Å². The maximum atomic E-state index is 13.3. The summed E-state index contributed by atoms with van der Waals surface area (Å²) in [5.74, 6) is -0.497. The molecular formula is C33H44N4O2. The molecule has 0 aliphatic carbocycles. The van der Waals surface area contributed by atoms with Crippen molar-refractivity contribution in [2.45, 2.75) is 84.1 Å². The Bertz CT molecular complexity index is 1300. The van der Waals surface area contributed by atoms with E-state index in [1.54, 1.807) is 0 Å². The molecule has 0 fully saturated rings. The van der Waals surface area contributed by atoms with Crippen LogP contribution < -0.4 is 10.6 Å². The normalized spacial score (nSPS) is 13.0. The Hall–Kier alpha value is -3.54. The van der Waals surface area contributed by atoms with E-state index in [0.29, 0.717) is 19.4 Å². The van der Waals surface area contributed by atoms with Crippen LogP contribution in [-0.4, -0.2) is 34.4 Å². The third-order valence-corrected chi connectivity index (χ3v) is 7.62. The van der Waals surface area contributed by atoms with E-state index in [9.17, 15) is 9.59 Å². The Labute approximate surface area is 232 Å². The van der Waals surface area contributed by atoms with Gasteiger partial charge < -0.3 is 20.6 Å². The van der Waals surface area contributed by atoms with Crippen molar-refractivity contribution in [3.05, 3.63) is 72.1 Å². The second-order valence-corrected chi connectivity index (χ2v) is 10.9. The number of hydrogen-bond acceptors (Lipinski definition) is 2. The molecule has 6 heteroatoms. The van der Waals surface area contributed by atoms with Crippen LogP contribution in [0.5, 0.6) is 0 Å². The highest BCUT2D eigenvalue weighted by Crippen LogP contribution is 2.21. The molecule has 39 heavy (non-hydrogen) atoms. The van der Waals surface area contributed by atoms with Crippen LogP contribution in [0.25, 0.3) is 21.8 Å². The van der Waals surface area contributed by atoms with Crippen molar-refractivity contribution in [3.63, 3.8) is 0 Å². The van der Waals surface area contributed by atoms with E-state index in [1.165, 1.54) is 38.5 Å². The first-order chi connectivity index (χ1) is 19.0. The molecule has 2 amide bonds. The summed E-state index contributed by atoms with van der Waals surface area (Å²) < 4.78 is 0. The van der Waals surface area contributed by atoms with Gasteiger partial charge in [-0.2, -0.15) is 0 Å². The van der Waals surface area contributed by atoms with Crippen LogP contribution in [0.3, 0.4) is 0 Å². The van der Waals surface area contributed by atoms with Crippen LogP contribution in [0.4, 0.5) is 0 Å². The zero-order valence-corrected chi connectivity index (χ0v) is 23.5. The average Bonchev–Trinajstić information content (AvgIpc) is 3.55. The number of amides is 2. The molecule has 2 atom stereocenters. The number of rotatable bonds is 16. The Morgan fingerprint density at radius 3 is 2.28 bits per heavy atom. The number of para-hydroxylation sites is 2. The summed E-state index contributed by atoms with van der Waals surface area (Å²) in [6.07, 6.45) is 12.8. The Morgan fingerprint density at radius 1 is 0.821 bits per heavy atom. The van der Waals surface area contributed by atoms with Gasteiger partial charge in [0.05, 0.1) is 0 Å². The van der Waals surface area contributed by atoms with Crippen molar-refractivity contribution in [1.29, 1.82) is 0 Å². The zero-order valence-electron chi connectivity index (χ0n) is 23.5. The number of hydrogen-bond donors (Lipinski definition) is 4. The minimum Gasteiger partial charge on any atom is -0.361 e. The molecule has 0 radical (unpaired) electrons. The van der Waals surface area contributed by atoms with Gasteiger partial charge in [0, 0.05) is 47.2 Å². The fraction of sp³-hybridized carbons (Fsp3) is 0.455. The third kappa shape index (κ3) is 8.22. The molecule has 0 aliphatic rings. The SMILES string of the molecule is CCCCCCCCCCNC(=O)[C@H](Cc1cc2ccccc2[nH]1)NC(=O)[C@@H](C)Cc1c[nH]c2ccccc12. The predicted octanol–water partition coefficient (Wildman–Crippen LogP) is 6.81. The summed E-state index contributed by atoms with van der Waals surface area (Å²) in [4.78, 5) is 33.3. The molecule has 0 spiro atoms. The minimum atomic E-state index is -0.634. The lowest BCUT2D eigenvalue weighted by Gasteiger charge is -2.20. The molecule has 2 heterocycles. The number of carbonyl (C=O) groups is 2. The standard InChI is InChI=1S/C33H44N4O2/c1-3-4-5-6-7-8-9-14-19-34-33(39)31(22-27-21-25-15-10-12-17-29(25)36-27)37-32(38)24(2)20-26-23-35-30-18-13-11-16-28(26)30/h10-13,15-18,21,23-24,31,35-36H,3-9,14,19-20,22H2,1-2H3,(H,34,39)(H,37,38)/t24-,31-/m0/s1. The van der Waals surface area contributed by atoms with Crippen LogP contribution in [-0.2, 0) is 22.4 Å². The summed E-state index contributed by atoms with van der Waals surface area (Å²) >= 11 is 0. The first kappa shape index (κ1) is 28.5. The van der Waals surface area contributed by atoms with Gasteiger partial charge in [-0.1, -0.05) is 95.2 Å². The topological polar surface area (TPSA) is 89.8 Å². The number of unbranched alkanes of at least 4 members (excludes halogenated alkanes) is 7. The highest BCUT2D eigenvalue weighted by Gasteiger charge is 2.25. The van der Waals surface area contributed by atoms with E-state index >= 15 is 0 Å². The number of aromatic nitrogens is 2. The van der Waals surface area contributed by atoms with Gasteiger partial charge in [-0.3, -0.25) is 9.59 Å². The van der Waals surface area contributed by atoms with E-state index in [4.69, 9.17) is 0 Å². The first-order valence-electron chi connectivity index (χ1n) is 14.7. The largest absolute Gasteiger partial charge is 0.361 e. The van der Waals surface area contributed by atoms with Crippen molar-refractivity contribution in [2.24, 2.45) is 5.92 Å². The van der Waals surface area contributed by atoms with Crippen molar-refractivity contribution < 1.29 is 9.59 Å². The van der Waals surface area contributed by atoms with Crippen molar-refractivity contribution in [3.8, 4) is 0 Å². The molecule has 0 unspecified atom stereocenters. The number of H-pyrrole nitrogens is 2. The second-order valence-electron chi connectivity index (χ2n) is 10.9. The van der Waals surface area contributed by atoms with Crippen LogP contribution in [0.2, 0.25) is 0 Å². The van der Waals surface area contributed by atoms with Crippen LogP contribution in [0, 0.1) is 5.92 Å². The highest BCUT2D eigenvalue weighted by atomic mass is 16.2. The number of nitrogens with one attached hydrogen (secondary N) is 4. The molecule has 4 N–H and O–H groups in total. The Balaban J connectivity index is 1.34. The van der Waals surface area contributed by atoms with E-state index in [-0.39, 0.29) is 17.7 Å². The smallest absolute Gasteiger partial charge is 0.242 e. The number of fused-ring (bicyclic) bond motifs is 2. The van der Waals surface area contributed by atoms with E-state index in [1.807, 2.05) is 49.5 Å². The zero-order chi connectivity index (χ0) is 27.5. The second kappa shape index (κ2) is 14.6. The summed E-state index contributed by atoms with van der Waals surface area (Å²) in [6, 6.07) is 17.6. The molecule has 0 aliphatic heterocycles. The highest BCUT2D eigenvalue weighted by molar-refractivity contribution is 5.90. The lowest BCUT2D eigenvalue weighted by Crippen LogP contribution is -2.49. The molecule has 2 aromatic carbocycles. The molecule has 208 valence electrons. The van der Waals surface area contributed by atoms with E-state index in [2.05, 4.69) is 45.7 Å². The molecule has 2 aromatic heterocycles. The lowest BCUT2D eigenvalue weighted by molar-refractivity contribution is -0.130. The van der Waals surface area contributed by atoms with Crippen molar-refractivity contribution in [1.82, 2.24) is 20.6 Å². The summed E-state index contributed by atoms with van der Waals surface area (Å²) in [5.41, 5.74) is 4.15. The first-order valence-corrected chi connectivity index (χ1v) is 14.7. The molecule has 0 bridgehead atoms. The van der Waals surface area contributed by atoms with Crippen LogP contribution in [0.1, 0.15) is 76.5 Å². The van der Waals surface area contributed by atoms with Gasteiger partial charge in [0.15, 0.2) is 0 Å². The number of carbonyl (C=O) groups excluding carboxylic acids is 2. The summed E-state index contributed by atoms with van der Waals surface area (Å²) in [5, 5.41) is 8.39. The summed E-state index contributed by atoms with van der Waals surface area (Å²) in [7, 11) is 0. The Kier molecular flexibility index (Phi) is 10.6. The number of aromatic amines is 2. The molecule has 0 saturated carbocycles. The van der Waals surface area contributed by atoms with Crippen LogP contribution >= 0.6 is 0 Å². The van der Waals surface area contributed by atoms with Gasteiger partial charge in [0.1, 0.15) is 6.04 Å². The lowest BCUT2D eigenvalue weighted by atomic mass is 9.99. The monoisotopic (exact) mass is 528 g/mol. The van der Waals surface area contributed by atoms with Gasteiger partial charge in [-0.05, 0) is 42.0 Å². The van der Waals surface area contributed by atoms with E-state index < -0.39 is 6.04 Å². The maximum Gasteiger partial charge on any atom is 0.242 e. The number of benzene rings is 2.